The Bertz CT molecular complexity index is 1000. The number of thiazole rings is 1. The molecule has 0 saturated carbocycles. The van der Waals surface area contributed by atoms with Gasteiger partial charge in [-0.2, -0.15) is 0 Å². The fourth-order valence-corrected chi connectivity index (χ4v) is 3.97. The summed E-state index contributed by atoms with van der Waals surface area (Å²) in [5.41, 5.74) is 1.37. The average molecular weight is 355 g/mol. The van der Waals surface area contributed by atoms with E-state index in [-0.39, 0.29) is 17.0 Å². The van der Waals surface area contributed by atoms with Crippen molar-refractivity contribution < 1.29 is 9.53 Å². The summed E-state index contributed by atoms with van der Waals surface area (Å²) in [6.07, 6.45) is 3.37. The van der Waals surface area contributed by atoms with Crippen LogP contribution in [0.4, 0.5) is 0 Å². The number of nitrogens with zero attached hydrogens (tertiary/aromatic N) is 3. The van der Waals surface area contributed by atoms with Crippen molar-refractivity contribution in [2.45, 2.75) is 12.8 Å². The molecule has 0 N–H and O–H groups in total. The van der Waals surface area contributed by atoms with Crippen LogP contribution in [0.25, 0.3) is 16.2 Å². The zero-order valence-corrected chi connectivity index (χ0v) is 14.6. The molecule has 6 nitrogen and oxygen atoms in total. The number of hydrogen-bond donors (Lipinski definition) is 0. The van der Waals surface area contributed by atoms with Gasteiger partial charge in [-0.1, -0.05) is 12.1 Å². The minimum atomic E-state index is -0.319. The van der Waals surface area contributed by atoms with E-state index in [0.29, 0.717) is 29.5 Å². The summed E-state index contributed by atoms with van der Waals surface area (Å²) >= 11 is 1.38. The van der Waals surface area contributed by atoms with Gasteiger partial charge in [-0.05, 0) is 25.0 Å². The van der Waals surface area contributed by atoms with E-state index in [9.17, 15) is 9.59 Å². The fourth-order valence-electron chi connectivity index (χ4n) is 3.11. The van der Waals surface area contributed by atoms with Gasteiger partial charge in [0, 0.05) is 30.2 Å². The molecule has 1 fully saturated rings. The summed E-state index contributed by atoms with van der Waals surface area (Å²) in [4.78, 5) is 32.2. The first-order valence-corrected chi connectivity index (χ1v) is 9.00. The molecule has 0 unspecified atom stereocenters. The Morgan fingerprint density at radius 1 is 1.28 bits per heavy atom. The molecule has 4 rings (SSSR count). The van der Waals surface area contributed by atoms with Crippen molar-refractivity contribution in [3.63, 3.8) is 0 Å². The molecule has 1 amide bonds. The number of amides is 1. The molecule has 25 heavy (non-hydrogen) atoms. The molecule has 7 heteroatoms. The lowest BCUT2D eigenvalue weighted by molar-refractivity contribution is 0.0790. The van der Waals surface area contributed by atoms with Crippen LogP contribution < -0.4 is 10.3 Å². The second-order valence-electron chi connectivity index (χ2n) is 5.95. The molecular formula is C18H17N3O3S. The summed E-state index contributed by atoms with van der Waals surface area (Å²) in [7, 11) is 1.60. The van der Waals surface area contributed by atoms with Gasteiger partial charge < -0.3 is 9.64 Å². The second-order valence-corrected chi connectivity index (χ2v) is 6.78. The minimum absolute atomic E-state index is 0.127. The van der Waals surface area contributed by atoms with E-state index in [0.717, 1.165) is 18.4 Å². The third-order valence-corrected chi connectivity index (χ3v) is 5.27. The maximum Gasteiger partial charge on any atom is 0.271 e. The van der Waals surface area contributed by atoms with Crippen LogP contribution >= 0.6 is 11.3 Å². The van der Waals surface area contributed by atoms with Crippen LogP contribution in [-0.2, 0) is 0 Å². The maximum atomic E-state index is 13.0. The van der Waals surface area contributed by atoms with E-state index in [1.807, 2.05) is 29.6 Å². The van der Waals surface area contributed by atoms with Crippen molar-refractivity contribution >= 4 is 22.2 Å². The number of rotatable bonds is 3. The first kappa shape index (κ1) is 15.8. The number of benzene rings is 1. The van der Waals surface area contributed by atoms with Crippen LogP contribution in [0.3, 0.4) is 0 Å². The van der Waals surface area contributed by atoms with Crippen LogP contribution in [0, 0.1) is 0 Å². The Morgan fingerprint density at radius 3 is 2.84 bits per heavy atom. The van der Waals surface area contributed by atoms with Crippen LogP contribution in [-0.4, -0.2) is 40.4 Å². The standard InChI is InChI=1S/C18H17N3O3S/c1-24-13-6-4-5-12(9-13)15-11-25-18-19-10-14(17(23)21(15)18)16(22)20-7-2-3-8-20/h4-6,9-11H,2-3,7-8H2,1H3. The predicted molar refractivity (Wildman–Crippen MR) is 96.5 cm³/mol. The number of methoxy groups -OCH3 is 1. The van der Waals surface area contributed by atoms with Gasteiger partial charge in [-0.3, -0.25) is 14.0 Å². The largest absolute Gasteiger partial charge is 0.497 e. The highest BCUT2D eigenvalue weighted by Crippen LogP contribution is 2.27. The van der Waals surface area contributed by atoms with Crippen LogP contribution in [0.5, 0.6) is 5.75 Å². The molecule has 3 aromatic rings. The number of carbonyl (C=O) groups is 1. The molecule has 1 aromatic carbocycles. The highest BCUT2D eigenvalue weighted by molar-refractivity contribution is 7.15. The normalized spacial score (nSPS) is 14.2. The highest BCUT2D eigenvalue weighted by Gasteiger charge is 2.24. The van der Waals surface area contributed by atoms with E-state index in [2.05, 4.69) is 4.98 Å². The average Bonchev–Trinajstić information content (AvgIpc) is 3.31. The highest BCUT2D eigenvalue weighted by atomic mass is 32.1. The first-order chi connectivity index (χ1) is 12.2. The Labute approximate surface area is 148 Å². The Balaban J connectivity index is 1.85. The molecular weight excluding hydrogens is 338 g/mol. The maximum absolute atomic E-state index is 13.0. The lowest BCUT2D eigenvalue weighted by Crippen LogP contribution is -2.33. The first-order valence-electron chi connectivity index (χ1n) is 8.12. The molecule has 0 aliphatic carbocycles. The third-order valence-electron chi connectivity index (χ3n) is 4.43. The minimum Gasteiger partial charge on any atom is -0.497 e. The molecule has 0 bridgehead atoms. The fraction of sp³-hybridized carbons (Fsp3) is 0.278. The number of ether oxygens (including phenoxy) is 1. The number of aromatic nitrogens is 2. The molecule has 128 valence electrons. The molecule has 3 heterocycles. The van der Waals surface area contributed by atoms with Gasteiger partial charge in [0.1, 0.15) is 11.3 Å². The summed E-state index contributed by atoms with van der Waals surface area (Å²) in [6.45, 7) is 1.40. The third kappa shape index (κ3) is 2.70. The van der Waals surface area contributed by atoms with Crippen molar-refractivity contribution in [3.05, 3.63) is 51.8 Å². The Hall–Kier alpha value is -2.67. The van der Waals surface area contributed by atoms with Gasteiger partial charge in [0.25, 0.3) is 11.5 Å². The van der Waals surface area contributed by atoms with Crippen molar-refractivity contribution in [2.75, 3.05) is 20.2 Å². The van der Waals surface area contributed by atoms with Crippen LogP contribution in [0.15, 0.2) is 40.6 Å². The SMILES string of the molecule is COc1cccc(-c2csc3ncc(C(=O)N4CCCC4)c(=O)n23)c1. The van der Waals surface area contributed by atoms with Gasteiger partial charge in [0.2, 0.25) is 0 Å². The van der Waals surface area contributed by atoms with Crippen molar-refractivity contribution in [1.82, 2.24) is 14.3 Å². The lowest BCUT2D eigenvalue weighted by Gasteiger charge is -2.14. The van der Waals surface area contributed by atoms with E-state index in [1.165, 1.54) is 21.9 Å². The second kappa shape index (κ2) is 6.33. The zero-order valence-electron chi connectivity index (χ0n) is 13.8. The predicted octanol–water partition coefficient (Wildman–Crippen LogP) is 2.67. The van der Waals surface area contributed by atoms with Crippen molar-refractivity contribution in [3.8, 4) is 17.0 Å². The summed E-state index contributed by atoms with van der Waals surface area (Å²) in [6, 6.07) is 7.49. The Morgan fingerprint density at radius 2 is 2.08 bits per heavy atom. The van der Waals surface area contributed by atoms with E-state index in [1.54, 1.807) is 12.0 Å². The van der Waals surface area contributed by atoms with Gasteiger partial charge in [-0.15, -0.1) is 11.3 Å². The number of likely N-dealkylation sites (tertiary alicyclic amines) is 1. The van der Waals surface area contributed by atoms with Crippen LogP contribution in [0.1, 0.15) is 23.2 Å². The van der Waals surface area contributed by atoms with Gasteiger partial charge in [-0.25, -0.2) is 4.98 Å². The molecule has 0 spiro atoms. The summed E-state index contributed by atoms with van der Waals surface area (Å²) < 4.78 is 6.78. The van der Waals surface area contributed by atoms with Gasteiger partial charge in [0.05, 0.1) is 12.8 Å². The smallest absolute Gasteiger partial charge is 0.271 e. The molecule has 1 aliphatic heterocycles. The molecule has 1 aliphatic rings. The van der Waals surface area contributed by atoms with Crippen molar-refractivity contribution in [1.29, 1.82) is 0 Å². The quantitative estimate of drug-likeness (QED) is 0.725. The zero-order chi connectivity index (χ0) is 17.4. The van der Waals surface area contributed by atoms with E-state index < -0.39 is 0 Å². The molecule has 0 radical (unpaired) electrons. The van der Waals surface area contributed by atoms with Crippen LogP contribution in [0.2, 0.25) is 0 Å². The Kier molecular flexibility index (Phi) is 4.01. The monoisotopic (exact) mass is 355 g/mol. The molecule has 1 saturated heterocycles. The topological polar surface area (TPSA) is 63.9 Å². The number of fused-ring (bicyclic) bond motifs is 1. The summed E-state index contributed by atoms with van der Waals surface area (Å²) in [5, 5.41) is 1.88. The number of hydrogen-bond acceptors (Lipinski definition) is 5. The molecule has 2 aromatic heterocycles. The van der Waals surface area contributed by atoms with Crippen molar-refractivity contribution in [2.24, 2.45) is 0 Å². The number of carbonyl (C=O) groups excluding carboxylic acids is 1. The summed E-state index contributed by atoms with van der Waals surface area (Å²) in [5.74, 6) is 0.481. The van der Waals surface area contributed by atoms with Gasteiger partial charge in [0.15, 0.2) is 4.96 Å². The van der Waals surface area contributed by atoms with E-state index >= 15 is 0 Å². The van der Waals surface area contributed by atoms with Gasteiger partial charge >= 0.3 is 0 Å². The van der Waals surface area contributed by atoms with E-state index in [4.69, 9.17) is 4.74 Å². The lowest BCUT2D eigenvalue weighted by atomic mass is 10.1. The molecule has 0 atom stereocenters.